The second kappa shape index (κ2) is 7.18. The molecule has 22 heavy (non-hydrogen) atoms. The zero-order valence-corrected chi connectivity index (χ0v) is 13.6. The fourth-order valence-corrected chi connectivity index (χ4v) is 2.25. The number of anilines is 1. The quantitative estimate of drug-likeness (QED) is 0.812. The zero-order valence-electron chi connectivity index (χ0n) is 11.4. The van der Waals surface area contributed by atoms with Gasteiger partial charge in [0.05, 0.1) is 10.7 Å². The van der Waals surface area contributed by atoms with Crippen LogP contribution in [0.1, 0.15) is 6.92 Å². The molecule has 116 valence electrons. The van der Waals surface area contributed by atoms with Crippen molar-refractivity contribution in [3.63, 3.8) is 0 Å². The zero-order chi connectivity index (χ0) is 16.3. The van der Waals surface area contributed by atoms with Crippen molar-refractivity contribution in [3.8, 4) is 5.75 Å². The molecule has 0 bridgehead atoms. The molecule has 0 spiro atoms. The Morgan fingerprint density at radius 3 is 2.41 bits per heavy atom. The van der Waals surface area contributed by atoms with Crippen molar-refractivity contribution in [2.45, 2.75) is 13.0 Å². The molecule has 0 heterocycles. The van der Waals surface area contributed by atoms with E-state index in [1.807, 2.05) is 0 Å². The lowest BCUT2D eigenvalue weighted by Crippen LogP contribution is -2.30. The van der Waals surface area contributed by atoms with Gasteiger partial charge in [-0.1, -0.05) is 34.8 Å². The third-order valence-electron chi connectivity index (χ3n) is 2.76. The van der Waals surface area contributed by atoms with Gasteiger partial charge in [-0.25, -0.2) is 4.39 Å². The lowest BCUT2D eigenvalue weighted by atomic mass is 10.2. The fourth-order valence-electron chi connectivity index (χ4n) is 1.64. The molecule has 0 radical (unpaired) electrons. The number of halogens is 4. The first-order valence-electron chi connectivity index (χ1n) is 6.24. The van der Waals surface area contributed by atoms with E-state index in [-0.39, 0.29) is 15.7 Å². The summed E-state index contributed by atoms with van der Waals surface area (Å²) in [6.45, 7) is 1.52. The van der Waals surface area contributed by atoms with E-state index in [0.717, 1.165) is 6.07 Å². The van der Waals surface area contributed by atoms with Gasteiger partial charge < -0.3 is 10.1 Å². The highest BCUT2D eigenvalue weighted by molar-refractivity contribution is 6.35. The third-order valence-corrected chi connectivity index (χ3v) is 3.52. The number of hydrogen-bond donors (Lipinski definition) is 1. The van der Waals surface area contributed by atoms with Crippen LogP contribution in [0.25, 0.3) is 0 Å². The maximum Gasteiger partial charge on any atom is 0.265 e. The van der Waals surface area contributed by atoms with E-state index in [1.54, 1.807) is 12.1 Å². The van der Waals surface area contributed by atoms with E-state index < -0.39 is 17.8 Å². The Morgan fingerprint density at radius 2 is 1.77 bits per heavy atom. The van der Waals surface area contributed by atoms with E-state index in [2.05, 4.69) is 5.32 Å². The lowest BCUT2D eigenvalue weighted by Gasteiger charge is -2.16. The van der Waals surface area contributed by atoms with Gasteiger partial charge in [0.25, 0.3) is 5.91 Å². The average molecular weight is 363 g/mol. The molecular weight excluding hydrogens is 352 g/mol. The standard InChI is InChI=1S/C15H11Cl3FNO2/c1-8(22-14-5-3-9(16)6-11(14)18)15(21)20-13-4-2-10(17)7-12(13)19/h2-8H,1H3,(H,20,21). The van der Waals surface area contributed by atoms with Crippen molar-refractivity contribution in [3.05, 3.63) is 57.3 Å². The predicted octanol–water partition coefficient (Wildman–Crippen LogP) is 5.19. The number of benzene rings is 2. The third kappa shape index (κ3) is 4.26. The molecule has 2 aromatic rings. The molecule has 2 aromatic carbocycles. The Morgan fingerprint density at radius 1 is 1.14 bits per heavy atom. The summed E-state index contributed by atoms with van der Waals surface area (Å²) in [5.74, 6) is -0.838. The van der Waals surface area contributed by atoms with Crippen molar-refractivity contribution in [1.29, 1.82) is 0 Å². The number of ether oxygens (including phenoxy) is 1. The molecular formula is C15H11Cl3FNO2. The van der Waals surface area contributed by atoms with Crippen LogP contribution in [0.2, 0.25) is 15.1 Å². The number of rotatable bonds is 4. The molecule has 0 aromatic heterocycles. The minimum absolute atomic E-state index is 0.0204. The molecule has 0 aliphatic rings. The number of amides is 1. The van der Waals surface area contributed by atoms with Gasteiger partial charge >= 0.3 is 0 Å². The van der Waals surface area contributed by atoms with Crippen LogP contribution in [0.4, 0.5) is 10.1 Å². The molecule has 0 saturated carbocycles. The maximum atomic E-state index is 13.6. The molecule has 1 atom stereocenters. The smallest absolute Gasteiger partial charge is 0.265 e. The first kappa shape index (κ1) is 16.9. The number of carbonyl (C=O) groups is 1. The van der Waals surface area contributed by atoms with E-state index in [1.165, 1.54) is 25.1 Å². The summed E-state index contributed by atoms with van der Waals surface area (Å²) in [6.07, 6.45) is -0.881. The Labute approximate surface area is 141 Å². The Bertz CT molecular complexity index is 709. The first-order chi connectivity index (χ1) is 10.4. The van der Waals surface area contributed by atoms with E-state index >= 15 is 0 Å². The van der Waals surface area contributed by atoms with Crippen molar-refractivity contribution in [2.24, 2.45) is 0 Å². The summed E-state index contributed by atoms with van der Waals surface area (Å²) >= 11 is 17.4. The number of hydrogen-bond acceptors (Lipinski definition) is 2. The van der Waals surface area contributed by atoms with Crippen LogP contribution in [0, 0.1) is 5.82 Å². The van der Waals surface area contributed by atoms with Crippen molar-refractivity contribution in [1.82, 2.24) is 0 Å². The van der Waals surface area contributed by atoms with Gasteiger partial charge in [0, 0.05) is 10.0 Å². The molecule has 0 fully saturated rings. The van der Waals surface area contributed by atoms with Crippen LogP contribution in [-0.2, 0) is 4.79 Å². The van der Waals surface area contributed by atoms with E-state index in [0.29, 0.717) is 10.8 Å². The van der Waals surface area contributed by atoms with Gasteiger partial charge in [-0.05, 0) is 43.3 Å². The first-order valence-corrected chi connectivity index (χ1v) is 7.38. The maximum absolute atomic E-state index is 13.6. The predicted molar refractivity (Wildman–Crippen MR) is 86.6 cm³/mol. The average Bonchev–Trinajstić information content (AvgIpc) is 2.44. The van der Waals surface area contributed by atoms with Gasteiger partial charge in [0.1, 0.15) is 11.6 Å². The van der Waals surface area contributed by atoms with Gasteiger partial charge in [-0.15, -0.1) is 0 Å². The Balaban J connectivity index is 2.05. The summed E-state index contributed by atoms with van der Waals surface area (Å²) in [7, 11) is 0. The van der Waals surface area contributed by atoms with Crippen LogP contribution >= 0.6 is 34.8 Å². The number of nitrogens with one attached hydrogen (secondary N) is 1. The highest BCUT2D eigenvalue weighted by atomic mass is 35.5. The SMILES string of the molecule is CC(Oc1ccc(Cl)cc1Cl)C(=O)Nc1ccc(Cl)cc1F. The minimum Gasteiger partial charge on any atom is -0.479 e. The second-order valence-corrected chi connectivity index (χ2v) is 5.73. The largest absolute Gasteiger partial charge is 0.479 e. The molecule has 1 unspecified atom stereocenters. The lowest BCUT2D eigenvalue weighted by molar-refractivity contribution is -0.122. The number of carbonyl (C=O) groups excluding carboxylic acids is 1. The summed E-state index contributed by atoms with van der Waals surface area (Å²) in [5.41, 5.74) is 0.0204. The summed E-state index contributed by atoms with van der Waals surface area (Å²) in [4.78, 5) is 12.0. The fraction of sp³-hybridized carbons (Fsp3) is 0.133. The Kier molecular flexibility index (Phi) is 5.51. The van der Waals surface area contributed by atoms with Gasteiger partial charge in [-0.2, -0.15) is 0 Å². The summed E-state index contributed by atoms with van der Waals surface area (Å²) in [6, 6.07) is 8.60. The molecule has 7 heteroatoms. The second-order valence-electron chi connectivity index (χ2n) is 4.45. The molecule has 2 rings (SSSR count). The highest BCUT2D eigenvalue weighted by Gasteiger charge is 2.18. The molecule has 0 saturated heterocycles. The summed E-state index contributed by atoms with van der Waals surface area (Å²) < 4.78 is 19.1. The van der Waals surface area contributed by atoms with Crippen molar-refractivity contribution >= 4 is 46.4 Å². The van der Waals surface area contributed by atoms with E-state index in [4.69, 9.17) is 39.5 Å². The van der Waals surface area contributed by atoms with Crippen molar-refractivity contribution in [2.75, 3.05) is 5.32 Å². The molecule has 1 N–H and O–H groups in total. The summed E-state index contributed by atoms with van der Waals surface area (Å²) in [5, 5.41) is 3.40. The Hall–Kier alpha value is -1.49. The topological polar surface area (TPSA) is 38.3 Å². The minimum atomic E-state index is -0.881. The monoisotopic (exact) mass is 361 g/mol. The molecule has 3 nitrogen and oxygen atoms in total. The molecule has 1 amide bonds. The highest BCUT2D eigenvalue weighted by Crippen LogP contribution is 2.28. The van der Waals surface area contributed by atoms with Gasteiger partial charge in [-0.3, -0.25) is 4.79 Å². The van der Waals surface area contributed by atoms with Crippen LogP contribution in [0.3, 0.4) is 0 Å². The van der Waals surface area contributed by atoms with Crippen LogP contribution < -0.4 is 10.1 Å². The van der Waals surface area contributed by atoms with Crippen LogP contribution in [-0.4, -0.2) is 12.0 Å². The van der Waals surface area contributed by atoms with Gasteiger partial charge in [0.2, 0.25) is 0 Å². The molecule has 0 aliphatic carbocycles. The van der Waals surface area contributed by atoms with E-state index in [9.17, 15) is 9.18 Å². The van der Waals surface area contributed by atoms with Crippen LogP contribution in [0.5, 0.6) is 5.75 Å². The normalized spacial score (nSPS) is 11.9. The van der Waals surface area contributed by atoms with Crippen molar-refractivity contribution < 1.29 is 13.9 Å². The van der Waals surface area contributed by atoms with Gasteiger partial charge in [0.15, 0.2) is 6.10 Å². The molecule has 0 aliphatic heterocycles. The van der Waals surface area contributed by atoms with Crippen LogP contribution in [0.15, 0.2) is 36.4 Å².